The molecule has 11 heteroatoms. The number of ether oxygens (including phenoxy) is 3. The summed E-state index contributed by atoms with van der Waals surface area (Å²) in [6.07, 6.45) is 7.74. The average molecular weight is 577 g/mol. The van der Waals surface area contributed by atoms with Crippen LogP contribution < -0.4 is 9.64 Å². The molecular formula is C31H40N6O5. The lowest BCUT2D eigenvalue weighted by atomic mass is 10.2. The molecule has 2 fully saturated rings. The van der Waals surface area contributed by atoms with Crippen molar-refractivity contribution in [3.05, 3.63) is 54.0 Å². The number of anilines is 1. The molecule has 1 saturated carbocycles. The lowest BCUT2D eigenvalue weighted by Gasteiger charge is -2.42. The molecule has 3 aromatic rings. The number of fused-ring (bicyclic) bond motifs is 1. The first kappa shape index (κ1) is 28.6. The molecule has 1 amide bonds. The summed E-state index contributed by atoms with van der Waals surface area (Å²) in [5.74, 6) is 1.54. The van der Waals surface area contributed by atoms with E-state index < -0.39 is 6.35 Å². The van der Waals surface area contributed by atoms with Crippen LogP contribution in [-0.2, 0) is 16.0 Å². The van der Waals surface area contributed by atoms with Crippen LogP contribution in [0.15, 0.2) is 42.7 Å². The maximum absolute atomic E-state index is 14.2. The Morgan fingerprint density at radius 1 is 1.10 bits per heavy atom. The Morgan fingerprint density at radius 2 is 1.90 bits per heavy atom. The molecule has 2 aliphatic heterocycles. The van der Waals surface area contributed by atoms with Gasteiger partial charge in [0, 0.05) is 38.1 Å². The highest BCUT2D eigenvalue weighted by Crippen LogP contribution is 2.38. The lowest BCUT2D eigenvalue weighted by molar-refractivity contribution is -0.163. The number of hydrogen-bond acceptors (Lipinski definition) is 9. The number of carbonyl (C=O) groups is 1. The lowest BCUT2D eigenvalue weighted by Crippen LogP contribution is -2.58. The van der Waals surface area contributed by atoms with Crippen molar-refractivity contribution >= 4 is 11.7 Å². The second-order valence-corrected chi connectivity index (χ2v) is 11.5. The van der Waals surface area contributed by atoms with Gasteiger partial charge in [-0.3, -0.25) is 9.69 Å². The van der Waals surface area contributed by atoms with E-state index in [0.29, 0.717) is 74.2 Å². The highest BCUT2D eigenvalue weighted by Gasteiger charge is 2.43. The van der Waals surface area contributed by atoms with E-state index in [0.717, 1.165) is 37.7 Å². The molecule has 0 spiro atoms. The fourth-order valence-electron chi connectivity index (χ4n) is 5.52. The van der Waals surface area contributed by atoms with Gasteiger partial charge in [-0.2, -0.15) is 0 Å². The number of aliphatic hydroxyl groups excluding tert-OH is 1. The number of imidazole rings is 1. The quantitative estimate of drug-likeness (QED) is 0.319. The number of aliphatic hydroxyl groups is 1. The van der Waals surface area contributed by atoms with Crippen LogP contribution in [-0.4, -0.2) is 80.5 Å². The number of amides is 1. The van der Waals surface area contributed by atoms with E-state index in [4.69, 9.17) is 19.2 Å². The number of aromatic nitrogens is 4. The van der Waals surface area contributed by atoms with Crippen molar-refractivity contribution in [1.29, 1.82) is 0 Å². The van der Waals surface area contributed by atoms with Crippen LogP contribution in [0.4, 0.5) is 5.82 Å². The van der Waals surface area contributed by atoms with Crippen molar-refractivity contribution in [3.63, 3.8) is 0 Å². The number of rotatable bonds is 12. The normalized spacial score (nSPS) is 20.7. The summed E-state index contributed by atoms with van der Waals surface area (Å²) in [5, 5.41) is 11.5. The molecule has 224 valence electrons. The Morgan fingerprint density at radius 3 is 2.64 bits per heavy atom. The SMILES string of the molecule is CC(C)N1c2nc(-c3nccnc3OCC3CC3)n(Cc3ccccc3)c2C(=O)N(CCCOC2CCCCO2)C1O. The Balaban J connectivity index is 1.35. The maximum Gasteiger partial charge on any atom is 0.277 e. The highest BCUT2D eigenvalue weighted by molar-refractivity contribution is 6.00. The van der Waals surface area contributed by atoms with Crippen molar-refractivity contribution in [3.8, 4) is 17.4 Å². The van der Waals surface area contributed by atoms with Gasteiger partial charge in [0.15, 0.2) is 29.3 Å². The largest absolute Gasteiger partial charge is 0.476 e. The number of hydrogen-bond donors (Lipinski definition) is 1. The van der Waals surface area contributed by atoms with Gasteiger partial charge in [-0.1, -0.05) is 30.3 Å². The minimum atomic E-state index is -1.17. The summed E-state index contributed by atoms with van der Waals surface area (Å²) >= 11 is 0. The summed E-state index contributed by atoms with van der Waals surface area (Å²) in [6.45, 7) is 6.39. The van der Waals surface area contributed by atoms with Gasteiger partial charge in [-0.05, 0) is 63.9 Å². The summed E-state index contributed by atoms with van der Waals surface area (Å²) in [6, 6.07) is 9.80. The van der Waals surface area contributed by atoms with E-state index in [1.54, 1.807) is 17.3 Å². The molecule has 4 heterocycles. The molecule has 11 nitrogen and oxygen atoms in total. The van der Waals surface area contributed by atoms with Crippen molar-refractivity contribution < 1.29 is 24.1 Å². The van der Waals surface area contributed by atoms with E-state index in [-0.39, 0.29) is 18.2 Å². The second-order valence-electron chi connectivity index (χ2n) is 11.5. The molecule has 42 heavy (non-hydrogen) atoms. The Bertz CT molecular complexity index is 1360. The molecule has 0 bridgehead atoms. The van der Waals surface area contributed by atoms with Crippen LogP contribution in [0.25, 0.3) is 11.5 Å². The monoisotopic (exact) mass is 576 g/mol. The van der Waals surface area contributed by atoms with Gasteiger partial charge in [-0.15, -0.1) is 0 Å². The summed E-state index contributed by atoms with van der Waals surface area (Å²) in [4.78, 5) is 31.6. The van der Waals surface area contributed by atoms with Crippen LogP contribution >= 0.6 is 0 Å². The predicted octanol–water partition coefficient (Wildman–Crippen LogP) is 4.06. The van der Waals surface area contributed by atoms with E-state index in [1.807, 2.05) is 48.7 Å². The van der Waals surface area contributed by atoms with Gasteiger partial charge in [0.1, 0.15) is 0 Å². The first-order valence-electron chi connectivity index (χ1n) is 15.1. The Labute approximate surface area is 246 Å². The molecule has 2 atom stereocenters. The molecule has 1 N–H and O–H groups in total. The third-order valence-corrected chi connectivity index (χ3v) is 7.94. The van der Waals surface area contributed by atoms with Gasteiger partial charge >= 0.3 is 0 Å². The second kappa shape index (κ2) is 12.8. The molecule has 3 aliphatic rings. The first-order valence-corrected chi connectivity index (χ1v) is 15.1. The predicted molar refractivity (Wildman–Crippen MR) is 156 cm³/mol. The van der Waals surface area contributed by atoms with Crippen LogP contribution in [0.1, 0.15) is 68.4 Å². The third kappa shape index (κ3) is 6.13. The van der Waals surface area contributed by atoms with E-state index in [2.05, 4.69) is 9.97 Å². The molecule has 1 saturated heterocycles. The van der Waals surface area contributed by atoms with Crippen molar-refractivity contribution in [2.24, 2.45) is 5.92 Å². The minimum absolute atomic E-state index is 0.137. The zero-order valence-corrected chi connectivity index (χ0v) is 24.4. The van der Waals surface area contributed by atoms with E-state index in [1.165, 1.54) is 4.90 Å². The van der Waals surface area contributed by atoms with Crippen LogP contribution in [0.3, 0.4) is 0 Å². The van der Waals surface area contributed by atoms with Crippen molar-refractivity contribution in [1.82, 2.24) is 24.4 Å². The van der Waals surface area contributed by atoms with Crippen LogP contribution in [0, 0.1) is 5.92 Å². The fourth-order valence-corrected chi connectivity index (χ4v) is 5.52. The number of nitrogens with zero attached hydrogens (tertiary/aromatic N) is 6. The molecule has 1 aromatic carbocycles. The number of carbonyl (C=O) groups excluding carboxylic acids is 1. The van der Waals surface area contributed by atoms with Crippen molar-refractivity contribution in [2.45, 2.75) is 77.6 Å². The number of benzene rings is 1. The molecule has 0 radical (unpaired) electrons. The van der Waals surface area contributed by atoms with Crippen LogP contribution in [0.5, 0.6) is 5.88 Å². The maximum atomic E-state index is 14.2. The van der Waals surface area contributed by atoms with Gasteiger partial charge in [0.2, 0.25) is 12.2 Å². The smallest absolute Gasteiger partial charge is 0.277 e. The highest BCUT2D eigenvalue weighted by atomic mass is 16.7. The van der Waals surface area contributed by atoms with Crippen molar-refractivity contribution in [2.75, 3.05) is 31.3 Å². The van der Waals surface area contributed by atoms with Gasteiger partial charge in [0.25, 0.3) is 5.91 Å². The standard InChI is InChI=1S/C31H40N6O5/c1-21(2)37-28-26(30(38)35(31(37)39)16-8-18-41-24-11-6-7-17-40-24)36(19-22-9-4-3-5-10-22)27(34-28)25-29(33-15-14-32-25)42-20-23-12-13-23/h3-5,9-10,14-15,21,23-24,31,39H,6-8,11-13,16-20H2,1-2H3. The summed E-state index contributed by atoms with van der Waals surface area (Å²) in [5.41, 5.74) is 1.89. The average Bonchev–Trinajstić information content (AvgIpc) is 3.77. The Hall–Kier alpha value is -3.54. The summed E-state index contributed by atoms with van der Waals surface area (Å²) in [7, 11) is 0. The van der Waals surface area contributed by atoms with Gasteiger partial charge in [-0.25, -0.2) is 15.0 Å². The Kier molecular flexibility index (Phi) is 8.68. The van der Waals surface area contributed by atoms with E-state index in [9.17, 15) is 9.90 Å². The van der Waals surface area contributed by atoms with Crippen LogP contribution in [0.2, 0.25) is 0 Å². The minimum Gasteiger partial charge on any atom is -0.476 e. The third-order valence-electron chi connectivity index (χ3n) is 7.94. The molecule has 2 unspecified atom stereocenters. The molecular weight excluding hydrogens is 536 g/mol. The zero-order chi connectivity index (χ0) is 29.1. The fraction of sp³-hybridized carbons (Fsp3) is 0.548. The topological polar surface area (TPSA) is 115 Å². The first-order chi connectivity index (χ1) is 20.5. The van der Waals surface area contributed by atoms with E-state index >= 15 is 0 Å². The summed E-state index contributed by atoms with van der Waals surface area (Å²) < 4.78 is 19.6. The van der Waals surface area contributed by atoms with Gasteiger partial charge < -0.3 is 28.8 Å². The molecule has 2 aromatic heterocycles. The zero-order valence-electron chi connectivity index (χ0n) is 24.4. The van der Waals surface area contributed by atoms with Gasteiger partial charge in [0.05, 0.1) is 13.2 Å². The molecule has 6 rings (SSSR count). The molecule has 1 aliphatic carbocycles.